The minimum atomic E-state index is -0.363. The molecule has 180 valence electrons. The van der Waals surface area contributed by atoms with Crippen LogP contribution in [0.3, 0.4) is 0 Å². The largest absolute Gasteiger partial charge is 0.462 e. The summed E-state index contributed by atoms with van der Waals surface area (Å²) < 4.78 is 5.01. The number of nitrogens with zero attached hydrogens (tertiary/aromatic N) is 4. The molecule has 3 aromatic rings. The highest BCUT2D eigenvalue weighted by molar-refractivity contribution is 5.94. The van der Waals surface area contributed by atoms with E-state index in [1.165, 1.54) is 11.1 Å². The van der Waals surface area contributed by atoms with Gasteiger partial charge >= 0.3 is 5.97 Å². The lowest BCUT2D eigenvalue weighted by Gasteiger charge is -2.35. The van der Waals surface area contributed by atoms with Crippen molar-refractivity contribution in [1.29, 1.82) is 0 Å². The van der Waals surface area contributed by atoms with Crippen LogP contribution in [-0.2, 0) is 17.7 Å². The summed E-state index contributed by atoms with van der Waals surface area (Å²) in [4.78, 5) is 35.7. The van der Waals surface area contributed by atoms with Gasteiger partial charge in [0.15, 0.2) is 0 Å². The number of benzene rings is 2. The second kappa shape index (κ2) is 10.2. The summed E-state index contributed by atoms with van der Waals surface area (Å²) in [7, 11) is 0. The van der Waals surface area contributed by atoms with Gasteiger partial charge in [-0.05, 0) is 60.9 Å². The van der Waals surface area contributed by atoms with Crippen LogP contribution < -0.4 is 9.80 Å². The Labute approximate surface area is 205 Å². The van der Waals surface area contributed by atoms with E-state index in [9.17, 15) is 9.59 Å². The SMILES string of the molecule is CCOC(=O)c1ccc(N2CCN(C(=O)c3ccc(N4CCc5ccccc5C4)cc3)CC2)nc1. The Morgan fingerprint density at radius 1 is 0.829 bits per heavy atom. The number of amides is 1. The van der Waals surface area contributed by atoms with Crippen LogP contribution in [0.25, 0.3) is 0 Å². The number of fused-ring (bicyclic) bond motifs is 1. The number of pyridine rings is 1. The molecule has 1 aromatic heterocycles. The maximum atomic E-state index is 13.1. The number of hydrogen-bond donors (Lipinski definition) is 0. The van der Waals surface area contributed by atoms with E-state index in [0.717, 1.165) is 36.6 Å². The van der Waals surface area contributed by atoms with Crippen LogP contribution in [-0.4, -0.2) is 61.1 Å². The Balaban J connectivity index is 1.16. The van der Waals surface area contributed by atoms with E-state index in [2.05, 4.69) is 51.2 Å². The third kappa shape index (κ3) is 4.99. The first-order valence-corrected chi connectivity index (χ1v) is 12.2. The Bertz CT molecular complexity index is 1190. The highest BCUT2D eigenvalue weighted by Crippen LogP contribution is 2.25. The Morgan fingerprint density at radius 2 is 1.54 bits per heavy atom. The molecule has 0 radical (unpaired) electrons. The smallest absolute Gasteiger partial charge is 0.339 e. The van der Waals surface area contributed by atoms with E-state index in [1.807, 2.05) is 23.1 Å². The molecule has 0 atom stereocenters. The van der Waals surface area contributed by atoms with Gasteiger partial charge in [0, 0.05) is 56.7 Å². The van der Waals surface area contributed by atoms with Crippen LogP contribution in [0.1, 0.15) is 38.8 Å². The van der Waals surface area contributed by atoms with Gasteiger partial charge in [0.05, 0.1) is 12.2 Å². The Hall–Kier alpha value is -3.87. The first-order valence-electron chi connectivity index (χ1n) is 12.2. The molecule has 2 aliphatic rings. The van der Waals surface area contributed by atoms with Gasteiger partial charge < -0.3 is 19.4 Å². The molecule has 0 aliphatic carbocycles. The van der Waals surface area contributed by atoms with Gasteiger partial charge in [0.1, 0.15) is 5.82 Å². The molecule has 1 saturated heterocycles. The molecule has 0 saturated carbocycles. The van der Waals surface area contributed by atoms with Crippen LogP contribution in [0.4, 0.5) is 11.5 Å². The van der Waals surface area contributed by atoms with Crippen molar-refractivity contribution >= 4 is 23.4 Å². The van der Waals surface area contributed by atoms with E-state index in [1.54, 1.807) is 19.2 Å². The lowest BCUT2D eigenvalue weighted by atomic mass is 9.99. The van der Waals surface area contributed by atoms with E-state index >= 15 is 0 Å². The summed E-state index contributed by atoms with van der Waals surface area (Å²) in [5.41, 5.74) is 5.12. The van der Waals surface area contributed by atoms with Crippen molar-refractivity contribution in [2.24, 2.45) is 0 Å². The van der Waals surface area contributed by atoms with E-state index < -0.39 is 0 Å². The van der Waals surface area contributed by atoms with Crippen molar-refractivity contribution < 1.29 is 14.3 Å². The minimum absolute atomic E-state index is 0.0609. The third-order valence-corrected chi connectivity index (χ3v) is 6.76. The first kappa shape index (κ1) is 22.9. The number of esters is 1. The van der Waals surface area contributed by atoms with E-state index in [4.69, 9.17) is 4.74 Å². The Kier molecular flexibility index (Phi) is 6.66. The first-order chi connectivity index (χ1) is 17.1. The van der Waals surface area contributed by atoms with Gasteiger partial charge in [0.25, 0.3) is 5.91 Å². The van der Waals surface area contributed by atoms with Crippen LogP contribution in [0.2, 0.25) is 0 Å². The second-order valence-electron chi connectivity index (χ2n) is 8.89. The summed E-state index contributed by atoms with van der Waals surface area (Å²) in [5.74, 6) is 0.501. The van der Waals surface area contributed by atoms with E-state index in [0.29, 0.717) is 38.3 Å². The van der Waals surface area contributed by atoms with E-state index in [-0.39, 0.29) is 11.9 Å². The van der Waals surface area contributed by atoms with Crippen molar-refractivity contribution in [2.75, 3.05) is 49.1 Å². The van der Waals surface area contributed by atoms with Crippen molar-refractivity contribution in [3.05, 3.63) is 89.1 Å². The number of hydrogen-bond acceptors (Lipinski definition) is 6. The number of carbonyl (C=O) groups is 2. The number of anilines is 2. The quantitative estimate of drug-likeness (QED) is 0.529. The average molecular weight is 471 g/mol. The predicted molar refractivity (Wildman–Crippen MR) is 136 cm³/mol. The molecule has 1 fully saturated rings. The maximum absolute atomic E-state index is 13.1. The molecule has 5 rings (SSSR count). The summed E-state index contributed by atoms with van der Waals surface area (Å²) >= 11 is 0. The van der Waals surface area contributed by atoms with Crippen LogP contribution in [0.5, 0.6) is 0 Å². The second-order valence-corrected chi connectivity index (χ2v) is 8.89. The fraction of sp³-hybridized carbons (Fsp3) is 0.321. The fourth-order valence-electron chi connectivity index (χ4n) is 4.76. The summed E-state index contributed by atoms with van der Waals surface area (Å²) in [5, 5.41) is 0. The van der Waals surface area contributed by atoms with Crippen molar-refractivity contribution in [3.63, 3.8) is 0 Å². The summed E-state index contributed by atoms with van der Waals surface area (Å²) in [6.07, 6.45) is 2.59. The van der Waals surface area contributed by atoms with Gasteiger partial charge in [-0.15, -0.1) is 0 Å². The molecule has 2 aliphatic heterocycles. The minimum Gasteiger partial charge on any atom is -0.462 e. The molecular weight excluding hydrogens is 440 g/mol. The number of rotatable bonds is 5. The zero-order chi connectivity index (χ0) is 24.2. The molecule has 0 bridgehead atoms. The molecule has 2 aromatic carbocycles. The molecule has 0 spiro atoms. The third-order valence-electron chi connectivity index (χ3n) is 6.76. The number of carbonyl (C=O) groups excluding carboxylic acids is 2. The summed E-state index contributed by atoms with van der Waals surface area (Å²) in [6.45, 7) is 6.66. The highest BCUT2D eigenvalue weighted by atomic mass is 16.5. The zero-order valence-electron chi connectivity index (χ0n) is 20.0. The van der Waals surface area contributed by atoms with Gasteiger partial charge in [-0.2, -0.15) is 0 Å². The molecule has 0 unspecified atom stereocenters. The van der Waals surface area contributed by atoms with Crippen molar-refractivity contribution in [3.8, 4) is 0 Å². The lowest BCUT2D eigenvalue weighted by molar-refractivity contribution is 0.0525. The van der Waals surface area contributed by atoms with Gasteiger partial charge in [-0.3, -0.25) is 4.79 Å². The number of aromatic nitrogens is 1. The van der Waals surface area contributed by atoms with Crippen LogP contribution >= 0.6 is 0 Å². The normalized spacial score (nSPS) is 15.5. The molecule has 7 heteroatoms. The number of ether oxygens (including phenoxy) is 1. The topological polar surface area (TPSA) is 66.0 Å². The summed E-state index contributed by atoms with van der Waals surface area (Å²) in [6, 6.07) is 20.2. The standard InChI is InChI=1S/C28H30N4O3/c1-2-35-28(34)23-9-12-26(29-19-23)30-15-17-31(18-16-30)27(33)22-7-10-25(11-8-22)32-14-13-21-5-3-4-6-24(21)20-32/h3-12,19H,2,13-18,20H2,1H3. The van der Waals surface area contributed by atoms with Crippen molar-refractivity contribution in [1.82, 2.24) is 9.88 Å². The predicted octanol–water partition coefficient (Wildman–Crippen LogP) is 3.78. The number of piperazine rings is 1. The van der Waals surface area contributed by atoms with Gasteiger partial charge in [0.2, 0.25) is 0 Å². The maximum Gasteiger partial charge on any atom is 0.339 e. The molecule has 35 heavy (non-hydrogen) atoms. The highest BCUT2D eigenvalue weighted by Gasteiger charge is 2.24. The van der Waals surface area contributed by atoms with Gasteiger partial charge in [-0.1, -0.05) is 24.3 Å². The molecule has 7 nitrogen and oxygen atoms in total. The van der Waals surface area contributed by atoms with Crippen molar-refractivity contribution in [2.45, 2.75) is 19.9 Å². The average Bonchev–Trinajstić information content (AvgIpc) is 2.93. The molecule has 1 amide bonds. The molecule has 0 N–H and O–H groups in total. The van der Waals surface area contributed by atoms with Crippen LogP contribution in [0, 0.1) is 0 Å². The molecule has 3 heterocycles. The fourth-order valence-corrected chi connectivity index (χ4v) is 4.76. The Morgan fingerprint density at radius 3 is 2.23 bits per heavy atom. The zero-order valence-corrected chi connectivity index (χ0v) is 20.0. The van der Waals surface area contributed by atoms with Crippen LogP contribution in [0.15, 0.2) is 66.9 Å². The monoisotopic (exact) mass is 470 g/mol. The lowest BCUT2D eigenvalue weighted by Crippen LogP contribution is -2.49. The molecular formula is C28H30N4O3. The van der Waals surface area contributed by atoms with Gasteiger partial charge in [-0.25, -0.2) is 9.78 Å².